The van der Waals surface area contributed by atoms with Gasteiger partial charge in [-0.05, 0) is 45.7 Å². The molecule has 3 nitrogen and oxygen atoms in total. The SMILES string of the molecule is Cc1nc(C)n2c(C)c(C)c(N)c2c1C. The predicted octanol–water partition coefficient (Wildman–Crippen LogP) is 2.46. The molecule has 0 spiro atoms. The van der Waals surface area contributed by atoms with Gasteiger partial charge in [-0.15, -0.1) is 0 Å². The summed E-state index contributed by atoms with van der Waals surface area (Å²) in [5.41, 5.74) is 12.7. The zero-order valence-corrected chi connectivity index (χ0v) is 9.97. The minimum Gasteiger partial charge on any atom is -0.397 e. The van der Waals surface area contributed by atoms with Gasteiger partial charge in [-0.3, -0.25) is 0 Å². The highest BCUT2D eigenvalue weighted by Crippen LogP contribution is 2.29. The van der Waals surface area contributed by atoms with Crippen molar-refractivity contribution in [2.24, 2.45) is 0 Å². The Labute approximate surface area is 89.9 Å². The van der Waals surface area contributed by atoms with Gasteiger partial charge in [0, 0.05) is 11.4 Å². The Balaban J connectivity index is 3.10. The largest absolute Gasteiger partial charge is 0.397 e. The van der Waals surface area contributed by atoms with E-state index in [1.165, 1.54) is 11.3 Å². The van der Waals surface area contributed by atoms with E-state index < -0.39 is 0 Å². The number of rotatable bonds is 0. The lowest BCUT2D eigenvalue weighted by Gasteiger charge is -2.08. The molecule has 0 aromatic carbocycles. The highest BCUT2D eigenvalue weighted by molar-refractivity contribution is 5.79. The van der Waals surface area contributed by atoms with Crippen LogP contribution in [0.25, 0.3) is 5.52 Å². The van der Waals surface area contributed by atoms with Gasteiger partial charge in [0.25, 0.3) is 0 Å². The zero-order chi connectivity index (χ0) is 11.3. The second-order valence-electron chi connectivity index (χ2n) is 4.18. The molecule has 0 fully saturated rings. The average Bonchev–Trinajstić information content (AvgIpc) is 2.40. The first-order valence-corrected chi connectivity index (χ1v) is 5.16. The van der Waals surface area contributed by atoms with Crippen LogP contribution in [-0.2, 0) is 0 Å². The van der Waals surface area contributed by atoms with Crippen molar-refractivity contribution in [2.75, 3.05) is 5.73 Å². The number of hydrogen-bond acceptors (Lipinski definition) is 2. The normalized spacial score (nSPS) is 11.3. The minimum absolute atomic E-state index is 0.888. The standard InChI is InChI=1S/C12H17N3/c1-6-8(3)14-10(5)15-9(4)7(2)11(13)12(6)15/h13H2,1-5H3. The maximum absolute atomic E-state index is 6.13. The van der Waals surface area contributed by atoms with Gasteiger partial charge in [0.15, 0.2) is 0 Å². The number of nitrogens with two attached hydrogens (primary N) is 1. The summed E-state index contributed by atoms with van der Waals surface area (Å²) in [7, 11) is 0. The molecule has 2 N–H and O–H groups in total. The van der Waals surface area contributed by atoms with Gasteiger partial charge in [0.2, 0.25) is 0 Å². The number of fused-ring (bicyclic) bond motifs is 1. The van der Waals surface area contributed by atoms with E-state index in [9.17, 15) is 0 Å². The molecule has 2 heterocycles. The summed E-state index contributed by atoms with van der Waals surface area (Å²) in [5.74, 6) is 1.01. The van der Waals surface area contributed by atoms with E-state index >= 15 is 0 Å². The number of nitrogen functional groups attached to an aromatic ring is 1. The fourth-order valence-corrected chi connectivity index (χ4v) is 2.15. The molecular weight excluding hydrogens is 186 g/mol. The second-order valence-corrected chi connectivity index (χ2v) is 4.18. The van der Waals surface area contributed by atoms with Crippen LogP contribution in [0.4, 0.5) is 5.69 Å². The van der Waals surface area contributed by atoms with Gasteiger partial charge in [-0.1, -0.05) is 0 Å². The van der Waals surface area contributed by atoms with E-state index in [1.54, 1.807) is 0 Å². The molecule has 0 radical (unpaired) electrons. The predicted molar refractivity (Wildman–Crippen MR) is 63.3 cm³/mol. The first-order valence-electron chi connectivity index (χ1n) is 5.16. The molecule has 0 saturated heterocycles. The van der Waals surface area contributed by atoms with Gasteiger partial charge >= 0.3 is 0 Å². The zero-order valence-electron chi connectivity index (χ0n) is 9.97. The van der Waals surface area contributed by atoms with E-state index in [2.05, 4.69) is 30.2 Å². The lowest BCUT2D eigenvalue weighted by atomic mass is 10.2. The van der Waals surface area contributed by atoms with Crippen molar-refractivity contribution in [2.45, 2.75) is 34.6 Å². The lowest BCUT2D eigenvalue weighted by molar-refractivity contribution is 0.921. The van der Waals surface area contributed by atoms with Crippen LogP contribution >= 0.6 is 0 Å². The fourth-order valence-electron chi connectivity index (χ4n) is 2.15. The van der Waals surface area contributed by atoms with Crippen molar-refractivity contribution in [3.05, 3.63) is 28.3 Å². The Morgan fingerprint density at radius 2 is 1.60 bits per heavy atom. The molecule has 3 heteroatoms. The molecule has 80 valence electrons. The van der Waals surface area contributed by atoms with Crippen LogP contribution in [0.1, 0.15) is 28.3 Å². The lowest BCUT2D eigenvalue weighted by Crippen LogP contribution is -2.02. The molecule has 2 aromatic rings. The highest BCUT2D eigenvalue weighted by atomic mass is 15.0. The van der Waals surface area contributed by atoms with Crippen molar-refractivity contribution in [1.82, 2.24) is 9.38 Å². The maximum Gasteiger partial charge on any atom is 0.110 e. The minimum atomic E-state index is 0.888. The summed E-state index contributed by atoms with van der Waals surface area (Å²) in [4.78, 5) is 4.52. The summed E-state index contributed by atoms with van der Waals surface area (Å²) in [6.07, 6.45) is 0. The van der Waals surface area contributed by atoms with Crippen LogP contribution in [0, 0.1) is 34.6 Å². The third kappa shape index (κ3) is 1.16. The third-order valence-electron chi connectivity index (χ3n) is 3.31. The van der Waals surface area contributed by atoms with Gasteiger partial charge in [-0.2, -0.15) is 0 Å². The number of aryl methyl sites for hydroxylation is 4. The van der Waals surface area contributed by atoms with Crippen molar-refractivity contribution in [3.8, 4) is 0 Å². The molecule has 0 saturated carbocycles. The molecule has 2 rings (SSSR count). The summed E-state index contributed by atoms with van der Waals surface area (Å²) in [6.45, 7) is 10.3. The topological polar surface area (TPSA) is 43.3 Å². The summed E-state index contributed by atoms with van der Waals surface area (Å²) >= 11 is 0. The Hall–Kier alpha value is -1.51. The van der Waals surface area contributed by atoms with Gasteiger partial charge < -0.3 is 10.1 Å². The van der Waals surface area contributed by atoms with Gasteiger partial charge in [0.05, 0.1) is 11.2 Å². The molecule has 0 aliphatic rings. The van der Waals surface area contributed by atoms with Crippen LogP contribution in [-0.4, -0.2) is 9.38 Å². The fraction of sp³-hybridized carbons (Fsp3) is 0.417. The van der Waals surface area contributed by atoms with E-state index in [-0.39, 0.29) is 0 Å². The Kier molecular flexibility index (Phi) is 2.00. The third-order valence-corrected chi connectivity index (χ3v) is 3.31. The Morgan fingerprint density at radius 1 is 1.00 bits per heavy atom. The molecular formula is C12H17N3. The monoisotopic (exact) mass is 203 g/mol. The molecule has 0 amide bonds. The van der Waals surface area contributed by atoms with E-state index in [1.807, 2.05) is 13.8 Å². The van der Waals surface area contributed by atoms with Crippen molar-refractivity contribution in [3.63, 3.8) is 0 Å². The first-order chi connectivity index (χ1) is 6.95. The number of anilines is 1. The quantitative estimate of drug-likeness (QED) is 0.714. The summed E-state index contributed by atoms with van der Waals surface area (Å²) in [5, 5.41) is 0. The van der Waals surface area contributed by atoms with Crippen LogP contribution in [0.15, 0.2) is 0 Å². The van der Waals surface area contributed by atoms with Crippen LogP contribution in [0.5, 0.6) is 0 Å². The first kappa shape index (κ1) is 10.0. The van der Waals surface area contributed by atoms with Crippen LogP contribution in [0.2, 0.25) is 0 Å². The summed E-state index contributed by atoms with van der Waals surface area (Å²) < 4.78 is 2.15. The molecule has 0 aliphatic carbocycles. The molecule has 0 unspecified atom stereocenters. The second kappa shape index (κ2) is 2.99. The van der Waals surface area contributed by atoms with Crippen LogP contribution in [0.3, 0.4) is 0 Å². The van der Waals surface area contributed by atoms with Gasteiger partial charge in [0.1, 0.15) is 5.82 Å². The smallest absolute Gasteiger partial charge is 0.110 e. The molecule has 0 bridgehead atoms. The van der Waals surface area contributed by atoms with Gasteiger partial charge in [-0.25, -0.2) is 4.98 Å². The maximum atomic E-state index is 6.13. The Bertz CT molecular complexity index is 550. The van der Waals surface area contributed by atoms with Crippen molar-refractivity contribution in [1.29, 1.82) is 0 Å². The number of aromatic nitrogens is 2. The van der Waals surface area contributed by atoms with Crippen molar-refractivity contribution >= 4 is 11.2 Å². The average molecular weight is 203 g/mol. The molecule has 15 heavy (non-hydrogen) atoms. The molecule has 0 atom stereocenters. The van der Waals surface area contributed by atoms with Crippen molar-refractivity contribution < 1.29 is 0 Å². The number of hydrogen-bond donors (Lipinski definition) is 1. The highest BCUT2D eigenvalue weighted by Gasteiger charge is 2.14. The molecule has 2 aromatic heterocycles. The van der Waals surface area contributed by atoms with E-state index in [0.717, 1.165) is 28.3 Å². The van der Waals surface area contributed by atoms with E-state index in [0.29, 0.717) is 0 Å². The van der Waals surface area contributed by atoms with Crippen LogP contribution < -0.4 is 5.73 Å². The van der Waals surface area contributed by atoms with E-state index in [4.69, 9.17) is 5.73 Å². The Morgan fingerprint density at radius 3 is 2.20 bits per heavy atom. The summed E-state index contributed by atoms with van der Waals surface area (Å²) in [6, 6.07) is 0. The molecule has 0 aliphatic heterocycles. The number of nitrogens with zero attached hydrogens (tertiary/aromatic N) is 2.